The topological polar surface area (TPSA) is 23.8 Å². The van der Waals surface area contributed by atoms with Crippen molar-refractivity contribution in [2.24, 2.45) is 0 Å². The molecule has 1 rings (SSSR count). The van der Waals surface area contributed by atoms with Gasteiger partial charge >= 0.3 is 0 Å². The first-order chi connectivity index (χ1) is 7.31. The third-order valence-corrected chi connectivity index (χ3v) is 2.83. The third-order valence-electron chi connectivity index (χ3n) is 1.83. The summed E-state index contributed by atoms with van der Waals surface area (Å²) in [5.41, 5.74) is 2.71. The third kappa shape index (κ3) is 3.70. The van der Waals surface area contributed by atoms with Gasteiger partial charge in [-0.1, -0.05) is 49.8 Å². The van der Waals surface area contributed by atoms with E-state index in [1.165, 1.54) is 0 Å². The van der Waals surface area contributed by atoms with Crippen molar-refractivity contribution >= 4 is 31.9 Å². The summed E-state index contributed by atoms with van der Waals surface area (Å²) in [5.74, 6) is 6.13. The Balaban J connectivity index is 3.04. The lowest BCUT2D eigenvalue weighted by molar-refractivity contribution is 1.31. The Morgan fingerprint density at radius 3 is 2.67 bits per heavy atom. The van der Waals surface area contributed by atoms with Crippen LogP contribution in [0.2, 0.25) is 0 Å². The first kappa shape index (κ1) is 12.3. The van der Waals surface area contributed by atoms with Crippen LogP contribution in [0.25, 0.3) is 0 Å². The highest BCUT2D eigenvalue weighted by Crippen LogP contribution is 2.13. The van der Waals surface area contributed by atoms with Crippen LogP contribution in [0.4, 0.5) is 0 Å². The lowest BCUT2D eigenvalue weighted by Crippen LogP contribution is -1.87. The molecule has 0 fully saturated rings. The molecule has 0 radical (unpaired) electrons. The van der Waals surface area contributed by atoms with Crippen LogP contribution in [0, 0.1) is 23.2 Å². The Bertz CT molecular complexity index is 435. The van der Waals surface area contributed by atoms with Gasteiger partial charge in [-0.3, -0.25) is 0 Å². The monoisotopic (exact) mass is 325 g/mol. The average molecular weight is 327 g/mol. The van der Waals surface area contributed by atoms with Crippen molar-refractivity contribution < 1.29 is 0 Å². The van der Waals surface area contributed by atoms with Crippen molar-refractivity contribution in [2.45, 2.75) is 11.8 Å². The second-order valence-corrected chi connectivity index (χ2v) is 4.21. The fourth-order valence-electron chi connectivity index (χ4n) is 1.08. The molecule has 15 heavy (non-hydrogen) atoms. The van der Waals surface area contributed by atoms with Crippen LogP contribution in [0.5, 0.6) is 0 Å². The standard InChI is InChI=1S/C12H9Br2N/c13-6-2-1-3-11-7-10(9-15)4-5-12(11)8-14/h4-5,7H,2,6,8H2. The second kappa shape index (κ2) is 6.67. The predicted molar refractivity (Wildman–Crippen MR) is 69.1 cm³/mol. The highest BCUT2D eigenvalue weighted by Gasteiger charge is 1.99. The number of nitriles is 1. The molecule has 0 aromatic heterocycles. The molecular weight excluding hydrogens is 318 g/mol. The van der Waals surface area contributed by atoms with Crippen LogP contribution in [0.1, 0.15) is 23.1 Å². The molecule has 0 heterocycles. The van der Waals surface area contributed by atoms with Crippen molar-refractivity contribution in [3.05, 3.63) is 34.9 Å². The molecule has 0 atom stereocenters. The molecule has 1 aromatic carbocycles. The number of nitrogens with zero attached hydrogens (tertiary/aromatic N) is 1. The molecule has 0 aliphatic heterocycles. The SMILES string of the molecule is N#Cc1ccc(CBr)c(C#CCCBr)c1. The van der Waals surface area contributed by atoms with Crippen LogP contribution in [-0.4, -0.2) is 5.33 Å². The lowest BCUT2D eigenvalue weighted by atomic mass is 10.1. The van der Waals surface area contributed by atoms with E-state index in [2.05, 4.69) is 49.8 Å². The summed E-state index contributed by atoms with van der Waals surface area (Å²) in [7, 11) is 0. The van der Waals surface area contributed by atoms with Crippen LogP contribution in [0.15, 0.2) is 18.2 Å². The van der Waals surface area contributed by atoms with E-state index >= 15 is 0 Å². The van der Waals surface area contributed by atoms with Crippen molar-refractivity contribution in [1.29, 1.82) is 5.26 Å². The maximum Gasteiger partial charge on any atom is 0.0992 e. The molecule has 1 aromatic rings. The molecule has 0 aliphatic rings. The zero-order valence-corrected chi connectivity index (χ0v) is 11.2. The summed E-state index contributed by atoms with van der Waals surface area (Å²) in [6.45, 7) is 0. The van der Waals surface area contributed by atoms with E-state index in [9.17, 15) is 0 Å². The van der Waals surface area contributed by atoms with E-state index in [1.54, 1.807) is 0 Å². The van der Waals surface area contributed by atoms with Gasteiger partial charge in [0.1, 0.15) is 0 Å². The molecule has 1 nitrogen and oxygen atoms in total. The fourth-order valence-corrected chi connectivity index (χ4v) is 1.77. The molecule has 0 N–H and O–H groups in total. The van der Waals surface area contributed by atoms with Gasteiger partial charge in [0.15, 0.2) is 0 Å². The van der Waals surface area contributed by atoms with E-state index in [-0.39, 0.29) is 0 Å². The van der Waals surface area contributed by atoms with Gasteiger partial charge in [-0.2, -0.15) is 5.26 Å². The Morgan fingerprint density at radius 2 is 2.07 bits per heavy atom. The molecular formula is C12H9Br2N. The Labute approximate surface area is 107 Å². The summed E-state index contributed by atoms with van der Waals surface area (Å²) in [4.78, 5) is 0. The van der Waals surface area contributed by atoms with Crippen molar-refractivity contribution in [1.82, 2.24) is 0 Å². The summed E-state index contributed by atoms with van der Waals surface area (Å²) < 4.78 is 0. The summed E-state index contributed by atoms with van der Waals surface area (Å²) in [6.07, 6.45) is 0.818. The number of hydrogen-bond acceptors (Lipinski definition) is 1. The van der Waals surface area contributed by atoms with Gasteiger partial charge < -0.3 is 0 Å². The van der Waals surface area contributed by atoms with Gasteiger partial charge in [0, 0.05) is 22.6 Å². The Morgan fingerprint density at radius 1 is 1.27 bits per heavy atom. The molecule has 0 spiro atoms. The highest BCUT2D eigenvalue weighted by atomic mass is 79.9. The molecule has 0 unspecified atom stereocenters. The molecule has 76 valence electrons. The number of hydrogen-bond donors (Lipinski definition) is 0. The smallest absolute Gasteiger partial charge is 0.0992 e. The predicted octanol–water partition coefficient (Wildman–Crippen LogP) is 3.59. The average Bonchev–Trinajstić information content (AvgIpc) is 2.29. The molecule has 0 amide bonds. The first-order valence-electron chi connectivity index (χ1n) is 4.45. The van der Waals surface area contributed by atoms with E-state index < -0.39 is 0 Å². The fraction of sp³-hybridized carbons (Fsp3) is 0.250. The number of benzene rings is 1. The van der Waals surface area contributed by atoms with Crippen LogP contribution in [-0.2, 0) is 5.33 Å². The van der Waals surface area contributed by atoms with E-state index in [4.69, 9.17) is 5.26 Å². The van der Waals surface area contributed by atoms with Crippen LogP contribution in [0.3, 0.4) is 0 Å². The van der Waals surface area contributed by atoms with Crippen molar-refractivity contribution in [2.75, 3.05) is 5.33 Å². The highest BCUT2D eigenvalue weighted by molar-refractivity contribution is 9.09. The minimum atomic E-state index is 0.655. The van der Waals surface area contributed by atoms with Gasteiger partial charge in [-0.15, -0.1) is 0 Å². The van der Waals surface area contributed by atoms with Crippen LogP contribution < -0.4 is 0 Å². The largest absolute Gasteiger partial charge is 0.192 e. The molecule has 0 saturated carbocycles. The van der Waals surface area contributed by atoms with E-state index in [0.29, 0.717) is 5.56 Å². The Kier molecular flexibility index (Phi) is 5.47. The van der Waals surface area contributed by atoms with Crippen LogP contribution >= 0.6 is 31.9 Å². The normalized spacial score (nSPS) is 8.87. The maximum atomic E-state index is 8.78. The van der Waals surface area contributed by atoms with Gasteiger partial charge in [0.25, 0.3) is 0 Å². The Hall–Kier alpha value is -0.770. The summed E-state index contributed by atoms with van der Waals surface area (Å²) in [5, 5.41) is 10.4. The molecule has 3 heteroatoms. The zero-order valence-electron chi connectivity index (χ0n) is 8.06. The lowest BCUT2D eigenvalue weighted by Gasteiger charge is -2.00. The van der Waals surface area contributed by atoms with E-state index in [0.717, 1.165) is 28.2 Å². The molecule has 0 aliphatic carbocycles. The van der Waals surface area contributed by atoms with Gasteiger partial charge in [-0.05, 0) is 17.7 Å². The number of alkyl halides is 2. The van der Waals surface area contributed by atoms with Crippen molar-refractivity contribution in [3.8, 4) is 17.9 Å². The first-order valence-corrected chi connectivity index (χ1v) is 6.70. The number of halogens is 2. The van der Waals surface area contributed by atoms with E-state index in [1.807, 2.05) is 18.2 Å². The minimum absolute atomic E-state index is 0.655. The molecule has 0 saturated heterocycles. The second-order valence-electron chi connectivity index (χ2n) is 2.86. The van der Waals surface area contributed by atoms with Crippen molar-refractivity contribution in [3.63, 3.8) is 0 Å². The maximum absolute atomic E-state index is 8.78. The minimum Gasteiger partial charge on any atom is -0.192 e. The van der Waals surface area contributed by atoms with Gasteiger partial charge in [0.2, 0.25) is 0 Å². The summed E-state index contributed by atoms with van der Waals surface area (Å²) >= 11 is 6.73. The summed E-state index contributed by atoms with van der Waals surface area (Å²) in [6, 6.07) is 7.70. The molecule has 0 bridgehead atoms. The quantitative estimate of drug-likeness (QED) is 0.602. The number of rotatable bonds is 2. The zero-order chi connectivity index (χ0) is 11.1. The van der Waals surface area contributed by atoms with Gasteiger partial charge in [-0.25, -0.2) is 0 Å². The van der Waals surface area contributed by atoms with Gasteiger partial charge in [0.05, 0.1) is 11.6 Å².